The standard InChI is InChI=1S/C24H21N3O5S2/c1-13-6-7-17(15(3)11-13)32-21-16(22(30)26-9-4-5-14(2)20(26)25-21)12-18-23(31)27(24(33)34-18)10-8-19(28)29/h4-7,9,11-12H,8,10H2,1-3H3,(H,28,29)/b18-12+. The average Bonchev–Trinajstić information content (AvgIpc) is 3.04. The summed E-state index contributed by atoms with van der Waals surface area (Å²) in [6.45, 7) is 5.67. The molecule has 2 aromatic heterocycles. The monoisotopic (exact) mass is 495 g/mol. The fraction of sp³-hybridized carbons (Fsp3) is 0.208. The third kappa shape index (κ3) is 4.59. The van der Waals surface area contributed by atoms with E-state index >= 15 is 0 Å². The zero-order valence-corrected chi connectivity index (χ0v) is 20.3. The molecule has 1 aliphatic heterocycles. The summed E-state index contributed by atoms with van der Waals surface area (Å²) in [6, 6.07) is 9.25. The smallest absolute Gasteiger partial charge is 0.305 e. The number of fused-ring (bicyclic) bond motifs is 1. The molecule has 8 nitrogen and oxygen atoms in total. The molecule has 10 heteroatoms. The van der Waals surface area contributed by atoms with Gasteiger partial charge in [0, 0.05) is 12.7 Å². The number of carbonyl (C=O) groups excluding carboxylic acids is 1. The molecule has 1 fully saturated rings. The van der Waals surface area contributed by atoms with E-state index in [1.54, 1.807) is 18.3 Å². The Bertz CT molecular complexity index is 1440. The van der Waals surface area contributed by atoms with E-state index in [2.05, 4.69) is 4.98 Å². The Morgan fingerprint density at radius 2 is 1.97 bits per heavy atom. The number of carboxylic acid groups (broad SMARTS) is 1. The predicted molar refractivity (Wildman–Crippen MR) is 134 cm³/mol. The number of aryl methyl sites for hydroxylation is 3. The number of hydrogen-bond donors (Lipinski definition) is 1. The predicted octanol–water partition coefficient (Wildman–Crippen LogP) is 4.09. The van der Waals surface area contributed by atoms with Crippen LogP contribution in [0.25, 0.3) is 11.7 Å². The van der Waals surface area contributed by atoms with Crippen LogP contribution in [0, 0.1) is 20.8 Å². The van der Waals surface area contributed by atoms with Gasteiger partial charge in [-0.2, -0.15) is 4.98 Å². The zero-order valence-electron chi connectivity index (χ0n) is 18.7. The van der Waals surface area contributed by atoms with E-state index in [1.165, 1.54) is 15.4 Å². The maximum Gasteiger partial charge on any atom is 0.305 e. The van der Waals surface area contributed by atoms with Crippen molar-refractivity contribution in [1.29, 1.82) is 0 Å². The molecule has 0 bridgehead atoms. The Hall–Kier alpha value is -3.50. The summed E-state index contributed by atoms with van der Waals surface area (Å²) < 4.78 is 7.74. The molecule has 1 aliphatic rings. The van der Waals surface area contributed by atoms with Crippen LogP contribution in [0.5, 0.6) is 11.6 Å². The molecule has 0 atom stereocenters. The first-order chi connectivity index (χ1) is 16.2. The van der Waals surface area contributed by atoms with Gasteiger partial charge in [0.15, 0.2) is 0 Å². The minimum absolute atomic E-state index is 0.0442. The zero-order chi connectivity index (χ0) is 24.6. The van der Waals surface area contributed by atoms with Crippen molar-refractivity contribution in [3.8, 4) is 11.6 Å². The van der Waals surface area contributed by atoms with Gasteiger partial charge >= 0.3 is 5.97 Å². The van der Waals surface area contributed by atoms with Crippen LogP contribution in [0.3, 0.4) is 0 Å². The number of nitrogens with zero attached hydrogens (tertiary/aromatic N) is 3. The van der Waals surface area contributed by atoms with Crippen molar-refractivity contribution in [3.05, 3.63) is 74.0 Å². The third-order valence-corrected chi connectivity index (χ3v) is 6.66. The highest BCUT2D eigenvalue weighted by Gasteiger charge is 2.33. The van der Waals surface area contributed by atoms with Crippen LogP contribution < -0.4 is 10.3 Å². The number of carbonyl (C=O) groups is 2. The van der Waals surface area contributed by atoms with Crippen LogP contribution in [0.15, 0.2) is 46.2 Å². The van der Waals surface area contributed by atoms with Gasteiger partial charge < -0.3 is 9.84 Å². The SMILES string of the molecule is Cc1ccc(Oc2nc3c(C)cccn3c(=O)c2/C=C2/SC(=S)N(CCC(=O)O)C2=O)c(C)c1. The van der Waals surface area contributed by atoms with Gasteiger partial charge in [-0.3, -0.25) is 23.7 Å². The first-order valence-corrected chi connectivity index (χ1v) is 11.6. The second kappa shape index (κ2) is 9.40. The number of carboxylic acids is 1. The minimum Gasteiger partial charge on any atom is -0.481 e. The Labute approximate surface area is 204 Å². The highest BCUT2D eigenvalue weighted by atomic mass is 32.2. The van der Waals surface area contributed by atoms with E-state index < -0.39 is 17.4 Å². The van der Waals surface area contributed by atoms with Crippen LogP contribution in [-0.4, -0.2) is 42.1 Å². The number of aliphatic carboxylic acids is 1. The molecule has 0 radical (unpaired) electrons. The summed E-state index contributed by atoms with van der Waals surface area (Å²) in [7, 11) is 0. The van der Waals surface area contributed by atoms with Gasteiger partial charge in [0.05, 0.1) is 11.3 Å². The summed E-state index contributed by atoms with van der Waals surface area (Å²) in [5.41, 5.74) is 2.87. The van der Waals surface area contributed by atoms with Crippen LogP contribution >= 0.6 is 24.0 Å². The molecular formula is C24H21N3O5S2. The lowest BCUT2D eigenvalue weighted by atomic mass is 10.1. The quantitative estimate of drug-likeness (QED) is 0.403. The summed E-state index contributed by atoms with van der Waals surface area (Å²) in [5.74, 6) is -0.877. The van der Waals surface area contributed by atoms with Crippen LogP contribution in [0.4, 0.5) is 0 Å². The second-order valence-corrected chi connectivity index (χ2v) is 9.54. The van der Waals surface area contributed by atoms with Crippen molar-refractivity contribution in [2.75, 3.05) is 6.54 Å². The molecule has 3 aromatic rings. The molecule has 0 spiro atoms. The number of ether oxygens (including phenoxy) is 1. The van der Waals surface area contributed by atoms with Gasteiger partial charge in [-0.1, -0.05) is 47.7 Å². The first kappa shape index (κ1) is 23.7. The molecule has 0 saturated carbocycles. The molecule has 3 heterocycles. The van der Waals surface area contributed by atoms with E-state index in [0.29, 0.717) is 11.4 Å². The summed E-state index contributed by atoms with van der Waals surface area (Å²) in [5, 5.41) is 8.95. The first-order valence-electron chi connectivity index (χ1n) is 10.4. The van der Waals surface area contributed by atoms with Crippen molar-refractivity contribution in [2.45, 2.75) is 27.2 Å². The largest absolute Gasteiger partial charge is 0.481 e. The lowest BCUT2D eigenvalue weighted by molar-refractivity contribution is -0.137. The number of thiocarbonyl (C=S) groups is 1. The Kier molecular flexibility index (Phi) is 6.54. The highest BCUT2D eigenvalue weighted by molar-refractivity contribution is 8.26. The molecule has 0 unspecified atom stereocenters. The van der Waals surface area contributed by atoms with Crippen molar-refractivity contribution in [3.63, 3.8) is 0 Å². The Morgan fingerprint density at radius 1 is 1.21 bits per heavy atom. The van der Waals surface area contributed by atoms with E-state index in [-0.39, 0.29) is 33.6 Å². The number of amides is 1. The van der Waals surface area contributed by atoms with E-state index in [1.807, 2.05) is 39.0 Å². The Morgan fingerprint density at radius 3 is 2.68 bits per heavy atom. The van der Waals surface area contributed by atoms with Gasteiger partial charge in [-0.15, -0.1) is 0 Å². The van der Waals surface area contributed by atoms with E-state index in [9.17, 15) is 14.4 Å². The Balaban J connectivity index is 1.84. The van der Waals surface area contributed by atoms with Gasteiger partial charge in [0.1, 0.15) is 21.3 Å². The number of aromatic nitrogens is 2. The maximum atomic E-state index is 13.5. The number of thioether (sulfide) groups is 1. The number of benzene rings is 1. The highest BCUT2D eigenvalue weighted by Crippen LogP contribution is 2.34. The number of pyridine rings is 1. The van der Waals surface area contributed by atoms with Gasteiger partial charge in [-0.25, -0.2) is 0 Å². The number of hydrogen-bond acceptors (Lipinski definition) is 7. The molecule has 1 saturated heterocycles. The van der Waals surface area contributed by atoms with Gasteiger partial charge in [-0.05, 0) is 50.1 Å². The van der Waals surface area contributed by atoms with Crippen molar-refractivity contribution in [2.24, 2.45) is 0 Å². The third-order valence-electron chi connectivity index (χ3n) is 5.28. The lowest BCUT2D eigenvalue weighted by Crippen LogP contribution is -2.30. The molecular weight excluding hydrogens is 474 g/mol. The van der Waals surface area contributed by atoms with E-state index in [0.717, 1.165) is 28.5 Å². The maximum absolute atomic E-state index is 13.5. The molecule has 34 heavy (non-hydrogen) atoms. The van der Waals surface area contributed by atoms with Crippen LogP contribution in [0.1, 0.15) is 28.7 Å². The fourth-order valence-electron chi connectivity index (χ4n) is 3.54. The molecule has 1 aromatic carbocycles. The summed E-state index contributed by atoms with van der Waals surface area (Å²) in [4.78, 5) is 43.3. The van der Waals surface area contributed by atoms with Crippen LogP contribution in [0.2, 0.25) is 0 Å². The molecule has 0 aliphatic carbocycles. The fourth-order valence-corrected chi connectivity index (χ4v) is 4.83. The van der Waals surface area contributed by atoms with Crippen molar-refractivity contribution >= 4 is 51.9 Å². The minimum atomic E-state index is -1.03. The molecule has 4 rings (SSSR count). The van der Waals surface area contributed by atoms with E-state index in [4.69, 9.17) is 22.1 Å². The van der Waals surface area contributed by atoms with Crippen molar-refractivity contribution in [1.82, 2.24) is 14.3 Å². The molecule has 174 valence electrons. The van der Waals surface area contributed by atoms with Gasteiger partial charge in [0.25, 0.3) is 11.5 Å². The molecule has 1 amide bonds. The normalized spacial score (nSPS) is 14.9. The summed E-state index contributed by atoms with van der Waals surface area (Å²) >= 11 is 6.27. The second-order valence-electron chi connectivity index (χ2n) is 7.87. The topological polar surface area (TPSA) is 101 Å². The average molecular weight is 496 g/mol. The number of rotatable bonds is 6. The molecule has 1 N–H and O–H groups in total. The lowest BCUT2D eigenvalue weighted by Gasteiger charge is -2.13. The summed E-state index contributed by atoms with van der Waals surface area (Å²) in [6.07, 6.45) is 2.79. The van der Waals surface area contributed by atoms with Crippen LogP contribution in [-0.2, 0) is 9.59 Å². The van der Waals surface area contributed by atoms with Gasteiger partial charge in [0.2, 0.25) is 5.88 Å². The van der Waals surface area contributed by atoms with Crippen molar-refractivity contribution < 1.29 is 19.4 Å².